The van der Waals surface area contributed by atoms with Gasteiger partial charge in [-0.25, -0.2) is 5.10 Å². The van der Waals surface area contributed by atoms with E-state index in [9.17, 15) is 24.9 Å². The second-order valence-electron chi connectivity index (χ2n) is 6.18. The van der Waals surface area contributed by atoms with Crippen LogP contribution in [0.3, 0.4) is 0 Å². The van der Waals surface area contributed by atoms with Gasteiger partial charge in [0.05, 0.1) is 17.4 Å². The first-order valence-electron chi connectivity index (χ1n) is 8.16. The number of aromatic amines is 1. The van der Waals surface area contributed by atoms with E-state index in [1.165, 1.54) is 6.92 Å². The number of benzene rings is 1. The molecular weight excluding hydrogens is 360 g/mol. The molecule has 11 heteroatoms. The predicted octanol–water partition coefficient (Wildman–Crippen LogP) is -2.17. The van der Waals surface area contributed by atoms with Gasteiger partial charge in [0.25, 0.3) is 5.56 Å². The third-order valence-corrected chi connectivity index (χ3v) is 4.29. The fraction of sp³-hybridized carbons (Fsp3) is 0.438. The first-order valence-corrected chi connectivity index (χ1v) is 8.16. The van der Waals surface area contributed by atoms with Crippen LogP contribution in [-0.2, 0) is 9.53 Å². The van der Waals surface area contributed by atoms with Crippen molar-refractivity contribution in [2.24, 2.45) is 0 Å². The molecule has 1 fully saturated rings. The van der Waals surface area contributed by atoms with Crippen LogP contribution >= 0.6 is 0 Å². The van der Waals surface area contributed by atoms with E-state index in [2.05, 4.69) is 15.5 Å². The Labute approximate surface area is 152 Å². The number of amides is 1. The molecule has 0 radical (unpaired) electrons. The van der Waals surface area contributed by atoms with Crippen molar-refractivity contribution in [2.45, 2.75) is 37.6 Å². The van der Waals surface area contributed by atoms with Gasteiger partial charge in [-0.05, 0) is 12.1 Å². The van der Waals surface area contributed by atoms with E-state index in [1.807, 2.05) is 0 Å². The highest BCUT2D eigenvalue weighted by Gasteiger charge is 2.46. The van der Waals surface area contributed by atoms with Crippen LogP contribution in [0.5, 0.6) is 5.88 Å². The quantitative estimate of drug-likeness (QED) is 0.322. The topological polar surface area (TPSA) is 180 Å². The standard InChI is InChI=1S/C16H20N4O7/c1-6(22)18-11-13(24)12(23)9(5-21)26-16(11)27-15-7-3-2-4-8(17)10(7)14(25)19-20-15/h2-4,9,11-13,16,21,23-24H,5,17H2,1H3,(H,18,22)(H,19,25)/t9-,11-,12-,13+,16-/m0/s1. The zero-order valence-electron chi connectivity index (χ0n) is 14.3. The summed E-state index contributed by atoms with van der Waals surface area (Å²) in [5.41, 5.74) is 5.54. The number of H-pyrrole nitrogens is 1. The SMILES string of the molecule is CC(=O)N[C@@H]1[C@H](Oc2n[nH]c(=O)c3c(N)cccc23)O[C@@H](CO)[C@H](O)[C@@H]1O. The molecule has 0 aliphatic carbocycles. The van der Waals surface area contributed by atoms with Crippen molar-refractivity contribution in [3.8, 4) is 5.88 Å². The lowest BCUT2D eigenvalue weighted by molar-refractivity contribution is -0.245. The van der Waals surface area contributed by atoms with Crippen LogP contribution in [0, 0.1) is 0 Å². The van der Waals surface area contributed by atoms with Crippen LogP contribution in [0.1, 0.15) is 6.92 Å². The van der Waals surface area contributed by atoms with Crippen molar-refractivity contribution in [1.29, 1.82) is 0 Å². The molecule has 2 aromatic rings. The number of aliphatic hydroxyl groups is 3. The monoisotopic (exact) mass is 380 g/mol. The molecule has 146 valence electrons. The average Bonchev–Trinajstić information content (AvgIpc) is 2.63. The van der Waals surface area contributed by atoms with E-state index in [0.29, 0.717) is 5.39 Å². The van der Waals surface area contributed by atoms with Crippen molar-refractivity contribution >= 4 is 22.4 Å². The van der Waals surface area contributed by atoms with Gasteiger partial charge in [0, 0.05) is 12.6 Å². The first kappa shape index (κ1) is 19.0. The van der Waals surface area contributed by atoms with Gasteiger partial charge >= 0.3 is 0 Å². The summed E-state index contributed by atoms with van der Waals surface area (Å²) >= 11 is 0. The minimum Gasteiger partial charge on any atom is -0.444 e. The first-order chi connectivity index (χ1) is 12.8. The molecule has 5 atom stereocenters. The highest BCUT2D eigenvalue weighted by Crippen LogP contribution is 2.28. The number of rotatable bonds is 4. The molecule has 1 aromatic heterocycles. The maximum absolute atomic E-state index is 12.0. The Hall–Kier alpha value is -2.73. The molecule has 1 saturated heterocycles. The highest BCUT2D eigenvalue weighted by molar-refractivity contribution is 5.94. The van der Waals surface area contributed by atoms with Crippen LogP contribution in [0.15, 0.2) is 23.0 Å². The number of aliphatic hydroxyl groups excluding tert-OH is 3. The molecule has 1 aliphatic rings. The van der Waals surface area contributed by atoms with Gasteiger partial charge in [-0.3, -0.25) is 9.59 Å². The van der Waals surface area contributed by atoms with Gasteiger partial charge in [-0.1, -0.05) is 6.07 Å². The third kappa shape index (κ3) is 3.57. The van der Waals surface area contributed by atoms with Crippen molar-refractivity contribution in [1.82, 2.24) is 15.5 Å². The van der Waals surface area contributed by atoms with Crippen LogP contribution in [0.4, 0.5) is 5.69 Å². The molecule has 0 saturated carbocycles. The summed E-state index contributed by atoms with van der Waals surface area (Å²) < 4.78 is 11.2. The molecule has 1 amide bonds. The van der Waals surface area contributed by atoms with E-state index in [4.69, 9.17) is 15.2 Å². The average molecular weight is 380 g/mol. The number of ether oxygens (including phenoxy) is 2. The normalized spacial score (nSPS) is 28.1. The Balaban J connectivity index is 2.00. The van der Waals surface area contributed by atoms with Gasteiger partial charge in [0.1, 0.15) is 24.4 Å². The number of carbonyl (C=O) groups excluding carboxylic acids is 1. The largest absolute Gasteiger partial charge is 0.444 e. The Morgan fingerprint density at radius 2 is 2.15 bits per heavy atom. The summed E-state index contributed by atoms with van der Waals surface area (Å²) in [5, 5.41) is 38.7. The van der Waals surface area contributed by atoms with Crippen molar-refractivity contribution in [2.75, 3.05) is 12.3 Å². The van der Waals surface area contributed by atoms with Crippen LogP contribution < -0.4 is 21.3 Å². The molecule has 0 unspecified atom stereocenters. The molecule has 0 spiro atoms. The summed E-state index contributed by atoms with van der Waals surface area (Å²) in [6, 6.07) is 3.56. The molecule has 2 heterocycles. The summed E-state index contributed by atoms with van der Waals surface area (Å²) in [6.45, 7) is 0.639. The van der Waals surface area contributed by atoms with Crippen molar-refractivity contribution in [3.63, 3.8) is 0 Å². The Bertz CT molecular complexity index is 902. The number of hydrogen-bond donors (Lipinski definition) is 6. The van der Waals surface area contributed by atoms with Crippen molar-refractivity contribution < 1.29 is 29.6 Å². The molecular formula is C16H20N4O7. The van der Waals surface area contributed by atoms with E-state index < -0.39 is 48.7 Å². The summed E-state index contributed by atoms with van der Waals surface area (Å²) in [6.07, 6.45) is -5.35. The number of nitrogens with one attached hydrogen (secondary N) is 2. The molecule has 1 aromatic carbocycles. The molecule has 11 nitrogen and oxygen atoms in total. The number of carbonyl (C=O) groups is 1. The second kappa shape index (κ2) is 7.48. The number of hydrogen-bond acceptors (Lipinski definition) is 9. The maximum atomic E-state index is 12.0. The van der Waals surface area contributed by atoms with E-state index in [1.54, 1.807) is 18.2 Å². The number of nitrogen functional groups attached to an aromatic ring is 1. The van der Waals surface area contributed by atoms with E-state index in [-0.39, 0.29) is 17.0 Å². The Kier molecular flexibility index (Phi) is 5.28. The smallest absolute Gasteiger partial charge is 0.274 e. The number of nitrogens with zero attached hydrogens (tertiary/aromatic N) is 1. The van der Waals surface area contributed by atoms with Gasteiger partial charge in [-0.2, -0.15) is 0 Å². The lowest BCUT2D eigenvalue weighted by Crippen LogP contribution is -2.65. The highest BCUT2D eigenvalue weighted by atomic mass is 16.7. The summed E-state index contributed by atoms with van der Waals surface area (Å²) in [4.78, 5) is 23.5. The summed E-state index contributed by atoms with van der Waals surface area (Å²) in [5.74, 6) is -0.549. The van der Waals surface area contributed by atoms with Gasteiger partial charge in [0.15, 0.2) is 0 Å². The van der Waals surface area contributed by atoms with Gasteiger partial charge in [0.2, 0.25) is 18.1 Å². The van der Waals surface area contributed by atoms with Crippen molar-refractivity contribution in [3.05, 3.63) is 28.6 Å². The minimum absolute atomic E-state index is 0.0578. The fourth-order valence-electron chi connectivity index (χ4n) is 2.99. The Morgan fingerprint density at radius 3 is 2.81 bits per heavy atom. The Morgan fingerprint density at radius 1 is 1.41 bits per heavy atom. The maximum Gasteiger partial charge on any atom is 0.274 e. The zero-order chi connectivity index (χ0) is 19.7. The summed E-state index contributed by atoms with van der Waals surface area (Å²) in [7, 11) is 0. The number of aromatic nitrogens is 2. The lowest BCUT2D eigenvalue weighted by Gasteiger charge is -2.41. The molecule has 7 N–H and O–H groups in total. The van der Waals surface area contributed by atoms with Gasteiger partial charge < -0.3 is 35.8 Å². The van der Waals surface area contributed by atoms with Crippen LogP contribution in [0.2, 0.25) is 0 Å². The van der Waals surface area contributed by atoms with E-state index >= 15 is 0 Å². The molecule has 1 aliphatic heterocycles. The van der Waals surface area contributed by atoms with E-state index in [0.717, 1.165) is 0 Å². The number of anilines is 1. The predicted molar refractivity (Wildman–Crippen MR) is 92.8 cm³/mol. The second-order valence-corrected chi connectivity index (χ2v) is 6.18. The number of nitrogens with two attached hydrogens (primary N) is 1. The van der Waals surface area contributed by atoms with Crippen LogP contribution in [0.25, 0.3) is 10.8 Å². The fourth-order valence-corrected chi connectivity index (χ4v) is 2.99. The third-order valence-electron chi connectivity index (χ3n) is 4.29. The van der Waals surface area contributed by atoms with Crippen LogP contribution in [-0.4, -0.2) is 68.7 Å². The number of fused-ring (bicyclic) bond motifs is 1. The zero-order valence-corrected chi connectivity index (χ0v) is 14.3. The minimum atomic E-state index is -1.47. The molecule has 3 rings (SSSR count). The van der Waals surface area contributed by atoms with Gasteiger partial charge in [-0.15, -0.1) is 5.10 Å². The lowest BCUT2D eigenvalue weighted by atomic mass is 9.97. The molecule has 27 heavy (non-hydrogen) atoms. The molecule has 0 bridgehead atoms.